The summed E-state index contributed by atoms with van der Waals surface area (Å²) in [6.07, 6.45) is -20.1. The van der Waals surface area contributed by atoms with Gasteiger partial charge in [-0.3, -0.25) is 57.5 Å². The third-order valence-electron chi connectivity index (χ3n) is 26.0. The number of aliphatic carboxylic acids is 1. The second kappa shape index (κ2) is 48.0. The Morgan fingerprint density at radius 3 is 1.96 bits per heavy atom. The number of primary amides is 2. The van der Waals surface area contributed by atoms with Crippen molar-refractivity contribution in [1.29, 1.82) is 0 Å². The van der Waals surface area contributed by atoms with E-state index in [1.807, 2.05) is 13.8 Å². The molecule has 8 heterocycles. The van der Waals surface area contributed by atoms with Crippen molar-refractivity contribution in [2.45, 2.75) is 242 Å². The Morgan fingerprint density at radius 2 is 1.35 bits per heavy atom. The molecule has 144 heavy (non-hydrogen) atoms. The maximum absolute atomic E-state index is 16.4. The fourth-order valence-corrected chi connectivity index (χ4v) is 18.6. The highest BCUT2D eigenvalue weighted by atomic mass is 35.5. The number of phenols is 3. The summed E-state index contributed by atoms with van der Waals surface area (Å²) in [5, 5.41) is 146. The van der Waals surface area contributed by atoms with Crippen molar-refractivity contribution < 1.29 is 156 Å². The van der Waals surface area contributed by atoms with Crippen molar-refractivity contribution >= 4 is 106 Å². The minimum absolute atomic E-state index is 0.0509. The number of nitrogens with zero attached hydrogens (tertiary/aromatic N) is 1. The molecule has 20 atom stereocenters. The monoisotopic (exact) mass is 2040 g/mol. The van der Waals surface area contributed by atoms with Gasteiger partial charge in [-0.1, -0.05) is 120 Å². The smallest absolute Gasteiger partial charge is 0.330 e. The molecule has 8 aliphatic rings. The number of allylic oxidation sites excluding steroid dienone is 1. The molecule has 8 aliphatic heterocycles. The zero-order valence-corrected chi connectivity index (χ0v) is 80.9. The highest BCUT2D eigenvalue weighted by Crippen LogP contribution is 2.51. The number of ether oxygens (including phenoxy) is 7. The molecule has 774 valence electrons. The fourth-order valence-electron chi connectivity index (χ4n) is 18.1. The van der Waals surface area contributed by atoms with Gasteiger partial charge in [0.25, 0.3) is 5.91 Å². The highest BCUT2D eigenvalue weighted by molar-refractivity contribution is 6.32. The normalized spacial score (nSPS) is 25.0. The number of rotatable bonds is 34. The van der Waals surface area contributed by atoms with E-state index >= 15 is 24.0 Å². The van der Waals surface area contributed by atoms with Gasteiger partial charge >= 0.3 is 18.0 Å². The Hall–Kier alpha value is -13.2. The van der Waals surface area contributed by atoms with Crippen molar-refractivity contribution in [1.82, 2.24) is 42.1 Å². The average Bonchev–Trinajstić information content (AvgIpc) is 0.975. The van der Waals surface area contributed by atoms with Crippen LogP contribution >= 0.6 is 23.2 Å². The summed E-state index contributed by atoms with van der Waals surface area (Å²) in [5.74, 6) is -23.4. The summed E-state index contributed by atoms with van der Waals surface area (Å²) >= 11 is 14.4. The van der Waals surface area contributed by atoms with Crippen LogP contribution in [0.25, 0.3) is 11.1 Å². The summed E-state index contributed by atoms with van der Waals surface area (Å²) < 4.78 is 44.5. The van der Waals surface area contributed by atoms with Crippen molar-refractivity contribution in [2.75, 3.05) is 19.7 Å². The van der Waals surface area contributed by atoms with Gasteiger partial charge in [-0.05, 0) is 144 Å². The van der Waals surface area contributed by atoms with E-state index < -0.39 is 327 Å². The number of hydrogen-bond donors (Lipinski definition) is 20. The number of nitrogens with one attached hydrogen (secondary N) is 7. The number of aromatic hydroxyl groups is 3. The summed E-state index contributed by atoms with van der Waals surface area (Å²) in [6, 6.07) is 7.98. The summed E-state index contributed by atoms with van der Waals surface area (Å²) in [5.41, 5.74) is 7.95. The SMILES string of the molecule is C=C1C=CC(=O)N1CCCCCC(=O)N[C@H](C(=O)N[C@@H](CCCNC(N)=O)C(=O)Cc1ccc(COC(=O)C[C@@]2(C)C[C@H](O[C@@H]3[C@@H](Oc4c5cc6cc4Oc4ccc(cc4Cl)[C@@H](O)[C@@H](NC(=O)[C@H](CC)CC(C)C)C(=O)C[C@@H](CC(N)=O)C(=O)N[C@H]6C(=O)C[C@H]4C(=O)N[C@H](C(=O)N[C@@H](C(=O)O)c6cc(O)cc(O)c6-c6cc4ccc6O)[C@H](O)c4ccc(c(Cl)c4)O5)O[C@@H](CO)[C@H](O)[C@H]3O)O[C@@H](O)[C@H]2O)cc1)C(C)C. The summed E-state index contributed by atoms with van der Waals surface area (Å²) in [4.78, 5) is 200. The number of carboxylic acid groups (broad SMARTS) is 1. The van der Waals surface area contributed by atoms with Gasteiger partial charge in [0, 0.05) is 97.5 Å². The van der Waals surface area contributed by atoms with Gasteiger partial charge in [0.2, 0.25) is 53.4 Å². The predicted molar refractivity (Wildman–Crippen MR) is 508 cm³/mol. The number of amides is 10. The number of urea groups is 1. The number of halogens is 2. The lowest BCUT2D eigenvalue weighted by Gasteiger charge is -2.47. The van der Waals surface area contributed by atoms with Crippen LogP contribution in [0.5, 0.6) is 46.0 Å². The number of aliphatic hydroxyl groups is 7. The number of nitrogens with two attached hydrogens (primary N) is 2. The standard InChI is InChI=1S/C100H118Cl2N10O32/c1-8-50(29-45(2)3)91(129)110-82-66(118)34-55(37-73(103)120)92(130)108-80-54-35-70(139-68-24-21-52(84(82)124)32-60(68)101)88(71(36-54)140-69-25-22-53(33-61(69)102)85(125)83-95(133)109-81(96(134)135)59-38-56(114)39-65(117)78(59)58-31-51(20-23-63(58)115)57(40-67(80)119)93(131)111-83)144-98-89(87(127)86(126)72(43-113)141-98)142-77-42-100(7,90(128)97(136)143-77)41-76(123)138-44-49-18-16-48(17-19-49)30-64(116)62(13-12-27-105-99(104)137)106-94(132)79(46(4)5)107-74(121)14-10-9-11-28-112-47(6)15-26-75(112)122/h15-26,31-33,35-36,38-39,45-46,50,55,57,62,72,77,79-87,89-90,97-98,113-115,117,124-128,136H,6,8-14,27-30,34,37,40-44H2,1-5,7H3,(H2,103,120)(H,106,132)(H,107,121)(H,108,130)(H,109,133)(H,110,129)(H,111,131)(H,134,135)(H3,104,105,137)/t50-,55+,57-,62+,72+,77-,79+,80-,81-,82+,83+,84-,85-,86+,87-,89+,90-,97-,98-,100+/m1/s1. The van der Waals surface area contributed by atoms with Crippen LogP contribution in [0.2, 0.25) is 10.0 Å². The molecule has 2 saturated heterocycles. The molecule has 11 bridgehead atoms. The van der Waals surface area contributed by atoms with Crippen LogP contribution in [0.15, 0.2) is 128 Å². The molecule has 14 rings (SSSR count). The van der Waals surface area contributed by atoms with Gasteiger partial charge in [0.15, 0.2) is 53.6 Å². The van der Waals surface area contributed by atoms with E-state index in [0.717, 1.165) is 66.7 Å². The van der Waals surface area contributed by atoms with Crippen LogP contribution in [0.3, 0.4) is 0 Å². The van der Waals surface area contributed by atoms with Gasteiger partial charge in [0.1, 0.15) is 96.1 Å². The van der Waals surface area contributed by atoms with Crippen molar-refractivity contribution in [3.63, 3.8) is 0 Å². The minimum Gasteiger partial charge on any atom is -0.508 e. The van der Waals surface area contributed by atoms with Crippen LogP contribution in [0, 0.1) is 29.1 Å². The van der Waals surface area contributed by atoms with E-state index in [2.05, 4.69) is 43.8 Å². The first-order chi connectivity index (χ1) is 68.2. The van der Waals surface area contributed by atoms with Crippen molar-refractivity contribution in [2.24, 2.45) is 40.6 Å². The number of Topliss-reactive ketones (excluding diaryl/α,β-unsaturated/α-hetero) is 3. The molecule has 6 aromatic rings. The lowest BCUT2D eigenvalue weighted by atomic mass is 9.76. The van der Waals surface area contributed by atoms with E-state index in [9.17, 15) is 99.3 Å². The van der Waals surface area contributed by atoms with Crippen LogP contribution in [0.1, 0.15) is 194 Å². The molecule has 0 unspecified atom stereocenters. The van der Waals surface area contributed by atoms with E-state index in [1.165, 1.54) is 25.1 Å². The number of ketones is 3. The predicted octanol–water partition coefficient (Wildman–Crippen LogP) is 5.53. The fraction of sp³-hybridized carbons (Fsp3) is 0.460. The number of phenolic OH excluding ortho intramolecular Hbond substituents is 3. The second-order valence-electron chi connectivity index (χ2n) is 37.6. The van der Waals surface area contributed by atoms with Crippen molar-refractivity contribution in [3.05, 3.63) is 177 Å². The lowest BCUT2D eigenvalue weighted by molar-refractivity contribution is -0.361. The lowest BCUT2D eigenvalue weighted by Crippen LogP contribution is -2.63. The van der Waals surface area contributed by atoms with Crippen LogP contribution in [0.4, 0.5) is 4.79 Å². The van der Waals surface area contributed by atoms with E-state index in [-0.39, 0.29) is 67.2 Å². The number of fused-ring (bicyclic) bond motifs is 15. The minimum atomic E-state index is -2.32. The Bertz CT molecular complexity index is 5890. The van der Waals surface area contributed by atoms with Gasteiger partial charge < -0.3 is 143 Å². The number of benzene rings is 6. The first kappa shape index (κ1) is 110. The summed E-state index contributed by atoms with van der Waals surface area (Å²) in [7, 11) is 0. The number of carboxylic acids is 1. The summed E-state index contributed by atoms with van der Waals surface area (Å²) in [6.45, 7) is 13.1. The largest absolute Gasteiger partial charge is 0.508 e. The van der Waals surface area contributed by atoms with Gasteiger partial charge in [0.05, 0.1) is 41.0 Å². The Morgan fingerprint density at radius 1 is 0.688 bits per heavy atom. The number of esters is 1. The molecule has 44 heteroatoms. The van der Waals surface area contributed by atoms with Crippen LogP contribution in [-0.4, -0.2) is 237 Å². The highest BCUT2D eigenvalue weighted by Gasteiger charge is 2.54. The van der Waals surface area contributed by atoms with Gasteiger partial charge in [-0.2, -0.15) is 0 Å². The van der Waals surface area contributed by atoms with Crippen LogP contribution in [-0.2, 0) is 94.3 Å². The molecule has 0 spiro atoms. The topological polar surface area (TPSA) is 666 Å². The Labute approximate surface area is 835 Å². The quantitative estimate of drug-likeness (QED) is 0.0174. The zero-order valence-electron chi connectivity index (χ0n) is 79.4. The van der Waals surface area contributed by atoms with Crippen molar-refractivity contribution in [3.8, 4) is 57.1 Å². The van der Waals surface area contributed by atoms with Crippen LogP contribution < -0.4 is 62.9 Å². The number of carbonyl (C=O) groups is 14. The molecule has 22 N–H and O–H groups in total. The average molecular weight is 2040 g/mol. The molecule has 0 aliphatic carbocycles. The van der Waals surface area contributed by atoms with E-state index in [4.69, 9.17) is 67.8 Å². The molecule has 0 aromatic heterocycles. The molecule has 0 saturated carbocycles. The third-order valence-corrected chi connectivity index (χ3v) is 26.6. The molecular formula is C100H118Cl2N10O32. The first-order valence-corrected chi connectivity index (χ1v) is 47.7. The molecule has 2 fully saturated rings. The van der Waals surface area contributed by atoms with E-state index in [0.29, 0.717) is 49.1 Å². The Kier molecular flexibility index (Phi) is 36.5. The molecule has 42 nitrogen and oxygen atoms in total. The molecule has 10 amide bonds. The molecule has 0 radical (unpaired) electrons. The van der Waals surface area contributed by atoms with Gasteiger partial charge in [-0.25, -0.2) is 9.59 Å². The maximum Gasteiger partial charge on any atom is 0.330 e. The third kappa shape index (κ3) is 26.7. The number of aliphatic hydroxyl groups excluding tert-OH is 7. The first-order valence-electron chi connectivity index (χ1n) is 46.9. The van der Waals surface area contributed by atoms with Gasteiger partial charge in [-0.15, -0.1) is 0 Å². The molecular weight excluding hydrogens is 1920 g/mol. The second-order valence-corrected chi connectivity index (χ2v) is 38.4. The number of unbranched alkanes of at least 4 members (excludes halogenated alkanes) is 2. The van der Waals surface area contributed by atoms with E-state index in [1.54, 1.807) is 56.0 Å². The number of carbonyl (C=O) groups excluding carboxylic acids is 13. The maximum atomic E-state index is 16.4. The molecule has 6 aromatic carbocycles. The zero-order chi connectivity index (χ0) is 105. The Balaban J connectivity index is 0.880. The number of hydrogen-bond acceptors (Lipinski definition) is 31.